The molecule has 88 valence electrons. The number of methoxy groups -OCH3 is 1. The molecule has 0 bridgehead atoms. The number of hydrogen-bond donors (Lipinski definition) is 1. The van der Waals surface area contributed by atoms with Crippen molar-refractivity contribution in [3.8, 4) is 5.75 Å². The monoisotopic (exact) mass is 219 g/mol. The van der Waals surface area contributed by atoms with Gasteiger partial charge in [0, 0.05) is 6.04 Å². The van der Waals surface area contributed by atoms with Gasteiger partial charge in [-0.05, 0) is 44.0 Å². The van der Waals surface area contributed by atoms with Crippen LogP contribution in [0.5, 0.6) is 5.75 Å². The number of hydrogen-bond acceptors (Lipinski definition) is 2. The van der Waals surface area contributed by atoms with Crippen LogP contribution in [0.1, 0.15) is 18.4 Å². The first-order valence-electron chi connectivity index (χ1n) is 5.71. The summed E-state index contributed by atoms with van der Waals surface area (Å²) in [5.41, 5.74) is 1.31. The highest BCUT2D eigenvalue weighted by atomic mass is 16.5. The van der Waals surface area contributed by atoms with E-state index in [0.29, 0.717) is 6.04 Å². The van der Waals surface area contributed by atoms with Gasteiger partial charge >= 0.3 is 0 Å². The molecule has 1 atom stereocenters. The standard InChI is InChI=1S/C14H21NO/c1-4-5-8-13(15-2)10-12-7-6-9-14(11-12)16-3/h4,6-7,9,11,13,15H,1,5,8,10H2,2-3H3. The summed E-state index contributed by atoms with van der Waals surface area (Å²) in [5, 5.41) is 3.33. The molecule has 0 saturated heterocycles. The van der Waals surface area contributed by atoms with Crippen molar-refractivity contribution >= 4 is 0 Å². The maximum absolute atomic E-state index is 5.21. The zero-order chi connectivity index (χ0) is 11.8. The minimum absolute atomic E-state index is 0.505. The Balaban J connectivity index is 2.58. The topological polar surface area (TPSA) is 21.3 Å². The molecule has 1 N–H and O–H groups in total. The summed E-state index contributed by atoms with van der Waals surface area (Å²) in [5.74, 6) is 0.927. The minimum Gasteiger partial charge on any atom is -0.497 e. The first-order valence-corrected chi connectivity index (χ1v) is 5.71. The number of rotatable bonds is 7. The van der Waals surface area contributed by atoms with Crippen LogP contribution in [0.25, 0.3) is 0 Å². The molecule has 2 heteroatoms. The molecule has 0 aromatic heterocycles. The van der Waals surface area contributed by atoms with E-state index in [1.807, 2.05) is 25.3 Å². The fraction of sp³-hybridized carbons (Fsp3) is 0.429. The quantitative estimate of drug-likeness (QED) is 0.712. The average Bonchev–Trinajstić information content (AvgIpc) is 2.34. The Kier molecular flexibility index (Phi) is 5.65. The lowest BCUT2D eigenvalue weighted by atomic mass is 10.0. The third-order valence-corrected chi connectivity index (χ3v) is 2.74. The molecule has 0 fully saturated rings. The second-order valence-electron chi connectivity index (χ2n) is 3.91. The predicted molar refractivity (Wildman–Crippen MR) is 69.0 cm³/mol. The SMILES string of the molecule is C=CCCC(Cc1cccc(OC)c1)NC. The van der Waals surface area contributed by atoms with Gasteiger partial charge in [0.15, 0.2) is 0 Å². The molecule has 1 rings (SSSR count). The molecule has 0 amide bonds. The van der Waals surface area contributed by atoms with E-state index in [-0.39, 0.29) is 0 Å². The second kappa shape index (κ2) is 7.07. The van der Waals surface area contributed by atoms with Crippen LogP contribution in [-0.2, 0) is 6.42 Å². The van der Waals surface area contributed by atoms with Gasteiger partial charge in [-0.25, -0.2) is 0 Å². The van der Waals surface area contributed by atoms with E-state index < -0.39 is 0 Å². The van der Waals surface area contributed by atoms with Crippen LogP contribution < -0.4 is 10.1 Å². The average molecular weight is 219 g/mol. The first kappa shape index (κ1) is 12.8. The normalized spacial score (nSPS) is 12.1. The van der Waals surface area contributed by atoms with Crippen molar-refractivity contribution in [3.05, 3.63) is 42.5 Å². The lowest BCUT2D eigenvalue weighted by molar-refractivity contribution is 0.413. The van der Waals surface area contributed by atoms with E-state index in [0.717, 1.165) is 25.0 Å². The molecule has 0 saturated carbocycles. The Morgan fingerprint density at radius 1 is 1.50 bits per heavy atom. The molecule has 1 unspecified atom stereocenters. The van der Waals surface area contributed by atoms with E-state index in [1.165, 1.54) is 5.56 Å². The molecule has 0 spiro atoms. The molecular formula is C14H21NO. The molecule has 2 nitrogen and oxygen atoms in total. The van der Waals surface area contributed by atoms with Crippen molar-refractivity contribution < 1.29 is 4.74 Å². The van der Waals surface area contributed by atoms with Gasteiger partial charge in [0.1, 0.15) is 5.75 Å². The van der Waals surface area contributed by atoms with E-state index >= 15 is 0 Å². The van der Waals surface area contributed by atoms with Crippen molar-refractivity contribution in [2.75, 3.05) is 14.2 Å². The maximum atomic E-state index is 5.21. The maximum Gasteiger partial charge on any atom is 0.119 e. The second-order valence-corrected chi connectivity index (χ2v) is 3.91. The highest BCUT2D eigenvalue weighted by Crippen LogP contribution is 2.15. The van der Waals surface area contributed by atoms with Gasteiger partial charge in [-0.2, -0.15) is 0 Å². The summed E-state index contributed by atoms with van der Waals surface area (Å²) >= 11 is 0. The molecule has 16 heavy (non-hydrogen) atoms. The van der Waals surface area contributed by atoms with E-state index in [9.17, 15) is 0 Å². The van der Waals surface area contributed by atoms with Crippen molar-refractivity contribution in [2.45, 2.75) is 25.3 Å². The van der Waals surface area contributed by atoms with Crippen LogP contribution in [0.2, 0.25) is 0 Å². The van der Waals surface area contributed by atoms with Gasteiger partial charge in [-0.1, -0.05) is 18.2 Å². The van der Waals surface area contributed by atoms with Crippen molar-refractivity contribution in [1.29, 1.82) is 0 Å². The van der Waals surface area contributed by atoms with Gasteiger partial charge in [0.2, 0.25) is 0 Å². The smallest absolute Gasteiger partial charge is 0.119 e. The molecule has 0 radical (unpaired) electrons. The third-order valence-electron chi connectivity index (χ3n) is 2.74. The van der Waals surface area contributed by atoms with E-state index in [2.05, 4.69) is 24.0 Å². The predicted octanol–water partition coefficient (Wildman–Crippen LogP) is 2.79. The molecule has 1 aromatic carbocycles. The number of likely N-dealkylation sites (N-methyl/N-ethyl adjacent to an activating group) is 1. The van der Waals surface area contributed by atoms with Crippen LogP contribution >= 0.6 is 0 Å². The fourth-order valence-electron chi connectivity index (χ4n) is 1.75. The highest BCUT2D eigenvalue weighted by Gasteiger charge is 2.06. The zero-order valence-corrected chi connectivity index (χ0v) is 10.2. The molecule has 0 aliphatic rings. The highest BCUT2D eigenvalue weighted by molar-refractivity contribution is 5.28. The van der Waals surface area contributed by atoms with Gasteiger partial charge in [-0.15, -0.1) is 6.58 Å². The Labute approximate surface area is 98.3 Å². The van der Waals surface area contributed by atoms with Crippen LogP contribution in [0.3, 0.4) is 0 Å². The summed E-state index contributed by atoms with van der Waals surface area (Å²) < 4.78 is 5.21. The fourth-order valence-corrected chi connectivity index (χ4v) is 1.75. The van der Waals surface area contributed by atoms with Crippen LogP contribution in [-0.4, -0.2) is 20.2 Å². The van der Waals surface area contributed by atoms with E-state index in [1.54, 1.807) is 7.11 Å². The third kappa shape index (κ3) is 4.07. The largest absolute Gasteiger partial charge is 0.497 e. The summed E-state index contributed by atoms with van der Waals surface area (Å²) in [6, 6.07) is 8.75. The number of ether oxygens (including phenoxy) is 1. The summed E-state index contributed by atoms with van der Waals surface area (Å²) in [6.45, 7) is 3.75. The first-order chi connectivity index (χ1) is 7.80. The Morgan fingerprint density at radius 3 is 2.94 bits per heavy atom. The van der Waals surface area contributed by atoms with Crippen molar-refractivity contribution in [2.24, 2.45) is 0 Å². The molecule has 0 heterocycles. The van der Waals surface area contributed by atoms with Gasteiger partial charge in [0.25, 0.3) is 0 Å². The summed E-state index contributed by atoms with van der Waals surface area (Å²) in [6.07, 6.45) is 5.17. The number of allylic oxidation sites excluding steroid dienone is 1. The van der Waals surface area contributed by atoms with Crippen LogP contribution in [0, 0.1) is 0 Å². The Bertz CT molecular complexity index is 322. The van der Waals surface area contributed by atoms with Gasteiger partial charge in [-0.3, -0.25) is 0 Å². The van der Waals surface area contributed by atoms with Gasteiger partial charge < -0.3 is 10.1 Å². The van der Waals surface area contributed by atoms with Gasteiger partial charge in [0.05, 0.1) is 7.11 Å². The lowest BCUT2D eigenvalue weighted by Crippen LogP contribution is -2.27. The van der Waals surface area contributed by atoms with Crippen LogP contribution in [0.4, 0.5) is 0 Å². The molecule has 0 aliphatic carbocycles. The number of nitrogens with one attached hydrogen (secondary N) is 1. The molecular weight excluding hydrogens is 198 g/mol. The van der Waals surface area contributed by atoms with E-state index in [4.69, 9.17) is 4.74 Å². The van der Waals surface area contributed by atoms with Crippen molar-refractivity contribution in [1.82, 2.24) is 5.32 Å². The molecule has 1 aromatic rings. The minimum atomic E-state index is 0.505. The Morgan fingerprint density at radius 2 is 2.31 bits per heavy atom. The van der Waals surface area contributed by atoms with Crippen LogP contribution in [0.15, 0.2) is 36.9 Å². The molecule has 0 aliphatic heterocycles. The summed E-state index contributed by atoms with van der Waals surface area (Å²) in [7, 11) is 3.71. The number of benzene rings is 1. The van der Waals surface area contributed by atoms with Crippen molar-refractivity contribution in [3.63, 3.8) is 0 Å². The zero-order valence-electron chi connectivity index (χ0n) is 10.2. The Hall–Kier alpha value is -1.28. The lowest BCUT2D eigenvalue weighted by Gasteiger charge is -2.15. The summed E-state index contributed by atoms with van der Waals surface area (Å²) in [4.78, 5) is 0.